The van der Waals surface area contributed by atoms with Crippen molar-refractivity contribution >= 4 is 51.6 Å². The standard InChI is InChI=1S/C24H32N4O6S/c1-5-32-13-18-26-20-21(28(18)15-24(3,4)31)16-9-7-8-10-17(16)25-22(20)27-23(30)34-11-12-35-14-19(29)33-6-2/h7-10,31H,5-6,11-15H2,1-4H3,(H,25,27,30). The summed E-state index contributed by atoms with van der Waals surface area (Å²) < 4.78 is 17.7. The number of anilines is 1. The molecule has 0 atom stereocenters. The minimum Gasteiger partial charge on any atom is -0.465 e. The summed E-state index contributed by atoms with van der Waals surface area (Å²) in [5.74, 6) is 1.23. The Kier molecular flexibility index (Phi) is 9.30. The first-order valence-electron chi connectivity index (χ1n) is 11.5. The van der Waals surface area contributed by atoms with Crippen LogP contribution < -0.4 is 5.32 Å². The molecule has 11 heteroatoms. The van der Waals surface area contributed by atoms with Crippen LogP contribution in [0.25, 0.3) is 21.9 Å². The monoisotopic (exact) mass is 504 g/mol. The molecule has 3 rings (SSSR count). The topological polar surface area (TPSA) is 125 Å². The average molecular weight is 505 g/mol. The minimum absolute atomic E-state index is 0.120. The van der Waals surface area contributed by atoms with Gasteiger partial charge in [-0.15, -0.1) is 11.8 Å². The van der Waals surface area contributed by atoms with E-state index in [2.05, 4.69) is 10.3 Å². The van der Waals surface area contributed by atoms with E-state index in [1.54, 1.807) is 20.8 Å². The van der Waals surface area contributed by atoms with E-state index in [4.69, 9.17) is 19.2 Å². The zero-order valence-electron chi connectivity index (χ0n) is 20.5. The Bertz CT molecular complexity index is 1170. The molecule has 0 radical (unpaired) electrons. The number of pyridine rings is 1. The number of aromatic nitrogens is 3. The fraction of sp³-hybridized carbons (Fsp3) is 0.500. The van der Waals surface area contributed by atoms with Gasteiger partial charge in [0.05, 0.1) is 35.5 Å². The first kappa shape index (κ1) is 26.7. The van der Waals surface area contributed by atoms with Crippen LogP contribution in [0.2, 0.25) is 0 Å². The van der Waals surface area contributed by atoms with Crippen LogP contribution in [-0.4, -0.2) is 68.6 Å². The number of amides is 1. The van der Waals surface area contributed by atoms with E-state index in [1.807, 2.05) is 35.8 Å². The Morgan fingerprint density at radius 1 is 1.14 bits per heavy atom. The maximum atomic E-state index is 12.5. The van der Waals surface area contributed by atoms with Gasteiger partial charge in [0.2, 0.25) is 0 Å². The number of carbonyl (C=O) groups is 2. The Morgan fingerprint density at radius 2 is 1.91 bits per heavy atom. The summed E-state index contributed by atoms with van der Waals surface area (Å²) in [6, 6.07) is 7.55. The first-order chi connectivity index (χ1) is 16.7. The molecule has 3 aromatic rings. The maximum Gasteiger partial charge on any atom is 0.412 e. The van der Waals surface area contributed by atoms with E-state index in [9.17, 15) is 14.7 Å². The predicted molar refractivity (Wildman–Crippen MR) is 136 cm³/mol. The molecule has 2 N–H and O–H groups in total. The lowest BCUT2D eigenvalue weighted by atomic mass is 10.1. The van der Waals surface area contributed by atoms with E-state index >= 15 is 0 Å². The highest BCUT2D eigenvalue weighted by molar-refractivity contribution is 7.99. The van der Waals surface area contributed by atoms with Crippen molar-refractivity contribution in [1.29, 1.82) is 0 Å². The van der Waals surface area contributed by atoms with Crippen LogP contribution in [0.5, 0.6) is 0 Å². The number of esters is 1. The Morgan fingerprint density at radius 3 is 2.63 bits per heavy atom. The summed E-state index contributed by atoms with van der Waals surface area (Å²) in [7, 11) is 0. The van der Waals surface area contributed by atoms with Crippen molar-refractivity contribution in [2.24, 2.45) is 0 Å². The minimum atomic E-state index is -1.01. The molecule has 2 aromatic heterocycles. The summed E-state index contributed by atoms with van der Waals surface area (Å²) in [5.41, 5.74) is 0.886. The van der Waals surface area contributed by atoms with E-state index in [1.165, 1.54) is 11.8 Å². The van der Waals surface area contributed by atoms with Gasteiger partial charge in [-0.3, -0.25) is 10.1 Å². The van der Waals surface area contributed by atoms with Crippen LogP contribution >= 0.6 is 11.8 Å². The van der Waals surface area contributed by atoms with Gasteiger partial charge in [0.25, 0.3) is 0 Å². The molecule has 0 spiro atoms. The molecule has 0 saturated carbocycles. The van der Waals surface area contributed by atoms with Crippen molar-refractivity contribution in [3.63, 3.8) is 0 Å². The van der Waals surface area contributed by atoms with Gasteiger partial charge in [-0.1, -0.05) is 18.2 Å². The second kappa shape index (κ2) is 12.2. The highest BCUT2D eigenvalue weighted by Crippen LogP contribution is 2.31. The number of imidazole rings is 1. The van der Waals surface area contributed by atoms with Crippen LogP contribution in [0.1, 0.15) is 33.5 Å². The quantitative estimate of drug-likeness (QED) is 0.280. The van der Waals surface area contributed by atoms with Gasteiger partial charge in [-0.25, -0.2) is 14.8 Å². The molecule has 1 aromatic carbocycles. The lowest BCUT2D eigenvalue weighted by Crippen LogP contribution is -2.27. The third kappa shape index (κ3) is 7.30. The highest BCUT2D eigenvalue weighted by Gasteiger charge is 2.24. The Hall–Kier alpha value is -2.89. The summed E-state index contributed by atoms with van der Waals surface area (Å²) in [5, 5.41) is 14.1. The molecule has 0 aliphatic rings. The summed E-state index contributed by atoms with van der Waals surface area (Å²) >= 11 is 1.32. The van der Waals surface area contributed by atoms with Crippen LogP contribution in [0.15, 0.2) is 24.3 Å². The summed E-state index contributed by atoms with van der Waals surface area (Å²) in [6.45, 7) is 8.59. The fourth-order valence-electron chi connectivity index (χ4n) is 3.51. The molecule has 0 saturated heterocycles. The number of nitrogens with one attached hydrogen (secondary N) is 1. The molecule has 0 unspecified atom stereocenters. The first-order valence-corrected chi connectivity index (χ1v) is 12.6. The number of hydrogen-bond donors (Lipinski definition) is 2. The van der Waals surface area contributed by atoms with Gasteiger partial charge in [0, 0.05) is 17.7 Å². The van der Waals surface area contributed by atoms with Gasteiger partial charge in [-0.05, 0) is 33.8 Å². The number of nitrogens with zero attached hydrogens (tertiary/aromatic N) is 3. The zero-order chi connectivity index (χ0) is 25.4. The lowest BCUT2D eigenvalue weighted by molar-refractivity contribution is -0.139. The number of carbonyl (C=O) groups excluding carboxylic acids is 2. The van der Waals surface area contributed by atoms with Crippen molar-refractivity contribution in [2.75, 3.05) is 36.6 Å². The fourth-order valence-corrected chi connectivity index (χ4v) is 4.11. The molecule has 0 aliphatic heterocycles. The largest absolute Gasteiger partial charge is 0.465 e. The summed E-state index contributed by atoms with van der Waals surface area (Å²) in [4.78, 5) is 33.2. The van der Waals surface area contributed by atoms with Gasteiger partial charge in [-0.2, -0.15) is 0 Å². The van der Waals surface area contributed by atoms with Crippen LogP contribution in [0.4, 0.5) is 10.6 Å². The van der Waals surface area contributed by atoms with Gasteiger partial charge < -0.3 is 23.9 Å². The molecule has 190 valence electrons. The van der Waals surface area contributed by atoms with Gasteiger partial charge in [0.1, 0.15) is 24.6 Å². The van der Waals surface area contributed by atoms with Crippen molar-refractivity contribution < 1.29 is 28.9 Å². The number of para-hydroxylation sites is 1. The number of aliphatic hydroxyl groups is 1. The van der Waals surface area contributed by atoms with Gasteiger partial charge in [0.15, 0.2) is 5.82 Å². The number of fused-ring (bicyclic) bond motifs is 3. The average Bonchev–Trinajstić information content (AvgIpc) is 3.15. The number of benzene rings is 1. The maximum absolute atomic E-state index is 12.5. The molecular weight excluding hydrogens is 472 g/mol. The second-order valence-electron chi connectivity index (χ2n) is 8.36. The van der Waals surface area contributed by atoms with Crippen LogP contribution in [0, 0.1) is 0 Å². The number of ether oxygens (including phenoxy) is 3. The Balaban J connectivity index is 1.86. The SMILES string of the molecule is CCOCc1nc2c(NC(=O)OCCSCC(=O)OCC)nc3ccccc3c2n1CC(C)(C)O. The zero-order valence-corrected chi connectivity index (χ0v) is 21.3. The molecule has 10 nitrogen and oxygen atoms in total. The normalized spacial score (nSPS) is 11.7. The molecule has 1 amide bonds. The molecular formula is C24H32N4O6S. The van der Waals surface area contributed by atoms with E-state index in [0.717, 1.165) is 10.9 Å². The molecule has 0 aliphatic carbocycles. The highest BCUT2D eigenvalue weighted by atomic mass is 32.2. The van der Waals surface area contributed by atoms with Crippen molar-refractivity contribution in [3.05, 3.63) is 30.1 Å². The van der Waals surface area contributed by atoms with Crippen molar-refractivity contribution in [2.45, 2.75) is 46.4 Å². The third-order valence-electron chi connectivity index (χ3n) is 4.85. The molecule has 0 bridgehead atoms. The number of hydrogen-bond acceptors (Lipinski definition) is 9. The summed E-state index contributed by atoms with van der Waals surface area (Å²) in [6.07, 6.45) is -0.672. The van der Waals surface area contributed by atoms with Crippen LogP contribution in [-0.2, 0) is 32.2 Å². The predicted octanol–water partition coefficient (Wildman–Crippen LogP) is 3.74. The number of thioether (sulfide) groups is 1. The second-order valence-corrected chi connectivity index (χ2v) is 9.46. The van der Waals surface area contributed by atoms with Crippen molar-refractivity contribution in [1.82, 2.24) is 14.5 Å². The molecule has 35 heavy (non-hydrogen) atoms. The van der Waals surface area contributed by atoms with Crippen molar-refractivity contribution in [3.8, 4) is 0 Å². The van der Waals surface area contributed by atoms with Crippen LogP contribution in [0.3, 0.4) is 0 Å². The van der Waals surface area contributed by atoms with E-state index in [0.29, 0.717) is 35.8 Å². The lowest BCUT2D eigenvalue weighted by Gasteiger charge is -2.20. The van der Waals surface area contributed by atoms with E-state index < -0.39 is 11.7 Å². The smallest absolute Gasteiger partial charge is 0.412 e. The number of rotatable bonds is 12. The van der Waals surface area contributed by atoms with Gasteiger partial charge >= 0.3 is 12.1 Å². The van der Waals surface area contributed by atoms with E-state index in [-0.39, 0.29) is 37.3 Å². The Labute approximate surface area is 208 Å². The molecule has 0 fully saturated rings. The molecule has 2 heterocycles. The third-order valence-corrected chi connectivity index (χ3v) is 5.74.